The lowest BCUT2D eigenvalue weighted by Gasteiger charge is -2.18. The molecule has 1 aliphatic rings. The van der Waals surface area contributed by atoms with E-state index < -0.39 is 0 Å². The number of amides is 1. The molecule has 0 saturated carbocycles. The lowest BCUT2D eigenvalue weighted by Crippen LogP contribution is -2.33. The minimum atomic E-state index is 0. The molecule has 0 unspecified atom stereocenters. The summed E-state index contributed by atoms with van der Waals surface area (Å²) in [7, 11) is 0. The van der Waals surface area contributed by atoms with Crippen LogP contribution in [0.4, 0.5) is 0 Å². The quantitative estimate of drug-likeness (QED) is 0.860. The smallest absolute Gasteiger partial charge is 0.264 e. The summed E-state index contributed by atoms with van der Waals surface area (Å²) in [6.45, 7) is 3.59. The predicted octanol–water partition coefficient (Wildman–Crippen LogP) is 2.37. The van der Waals surface area contributed by atoms with E-state index >= 15 is 0 Å². The van der Waals surface area contributed by atoms with Crippen molar-refractivity contribution >= 4 is 45.6 Å². The van der Waals surface area contributed by atoms with Crippen molar-refractivity contribution in [2.75, 3.05) is 26.2 Å². The van der Waals surface area contributed by atoms with Gasteiger partial charge in [-0.25, -0.2) is 0 Å². The van der Waals surface area contributed by atoms with Crippen molar-refractivity contribution in [1.29, 1.82) is 0 Å². The Kier molecular flexibility index (Phi) is 5.75. The number of nitrogens with one attached hydrogen (secondary N) is 1. The van der Waals surface area contributed by atoms with Crippen molar-refractivity contribution in [1.82, 2.24) is 10.2 Å². The van der Waals surface area contributed by atoms with Gasteiger partial charge >= 0.3 is 0 Å². The predicted molar refractivity (Wildman–Crippen MR) is 72.7 cm³/mol. The van der Waals surface area contributed by atoms with E-state index in [2.05, 4.69) is 21.2 Å². The first-order valence-electron chi connectivity index (χ1n) is 5.01. The fourth-order valence-electron chi connectivity index (χ4n) is 1.63. The summed E-state index contributed by atoms with van der Waals surface area (Å²) < 4.78 is 0.990. The molecule has 0 aromatic carbocycles. The second kappa shape index (κ2) is 6.59. The Labute approximate surface area is 114 Å². The van der Waals surface area contributed by atoms with E-state index in [1.807, 2.05) is 16.3 Å². The van der Waals surface area contributed by atoms with E-state index in [-0.39, 0.29) is 18.3 Å². The van der Waals surface area contributed by atoms with Crippen molar-refractivity contribution < 1.29 is 4.79 Å². The number of carbonyl (C=O) groups is 1. The van der Waals surface area contributed by atoms with Gasteiger partial charge in [0.15, 0.2) is 0 Å². The first kappa shape index (κ1) is 14.0. The maximum Gasteiger partial charge on any atom is 0.264 e. The number of thiophene rings is 1. The molecule has 1 N–H and O–H groups in total. The number of nitrogens with zero attached hydrogens (tertiary/aromatic N) is 1. The van der Waals surface area contributed by atoms with E-state index in [0.717, 1.165) is 41.9 Å². The second-order valence-corrected chi connectivity index (χ2v) is 5.35. The molecule has 0 spiro atoms. The highest BCUT2D eigenvalue weighted by Crippen LogP contribution is 2.21. The van der Waals surface area contributed by atoms with Gasteiger partial charge in [-0.05, 0) is 35.0 Å². The van der Waals surface area contributed by atoms with Crippen LogP contribution in [0, 0.1) is 0 Å². The molecule has 16 heavy (non-hydrogen) atoms. The third kappa shape index (κ3) is 3.45. The average molecular weight is 326 g/mol. The van der Waals surface area contributed by atoms with Crippen LogP contribution in [0.25, 0.3) is 0 Å². The van der Waals surface area contributed by atoms with Gasteiger partial charge in [-0.3, -0.25) is 4.79 Å². The van der Waals surface area contributed by atoms with Gasteiger partial charge in [-0.15, -0.1) is 23.7 Å². The molecule has 0 aliphatic carbocycles. The zero-order valence-electron chi connectivity index (χ0n) is 8.74. The number of hydrogen-bond donors (Lipinski definition) is 1. The van der Waals surface area contributed by atoms with Gasteiger partial charge in [0, 0.05) is 29.5 Å². The van der Waals surface area contributed by atoms with E-state index in [0.29, 0.717) is 0 Å². The van der Waals surface area contributed by atoms with Crippen LogP contribution in [0.5, 0.6) is 0 Å². The van der Waals surface area contributed by atoms with E-state index in [1.165, 1.54) is 11.3 Å². The fourth-order valence-corrected chi connectivity index (χ4v) is 3.02. The molecule has 1 amide bonds. The zero-order valence-corrected chi connectivity index (χ0v) is 12.0. The molecule has 1 fully saturated rings. The summed E-state index contributed by atoms with van der Waals surface area (Å²) in [5.74, 6) is 0.161. The maximum atomic E-state index is 12.1. The average Bonchev–Trinajstić information content (AvgIpc) is 2.53. The van der Waals surface area contributed by atoms with Crippen LogP contribution in [0.3, 0.4) is 0 Å². The van der Waals surface area contributed by atoms with Gasteiger partial charge in [-0.1, -0.05) is 0 Å². The Balaban J connectivity index is 0.00000128. The summed E-state index contributed by atoms with van der Waals surface area (Å²) in [6, 6.07) is 1.89. The van der Waals surface area contributed by atoms with Crippen LogP contribution in [0.1, 0.15) is 16.1 Å². The third-order valence-corrected chi connectivity index (χ3v) is 4.08. The molecule has 2 heterocycles. The molecule has 1 aromatic heterocycles. The summed E-state index contributed by atoms with van der Waals surface area (Å²) in [5, 5.41) is 5.24. The van der Waals surface area contributed by atoms with Crippen LogP contribution in [-0.4, -0.2) is 37.0 Å². The summed E-state index contributed by atoms with van der Waals surface area (Å²) in [6.07, 6.45) is 1.04. The van der Waals surface area contributed by atoms with Gasteiger partial charge in [-0.2, -0.15) is 0 Å². The van der Waals surface area contributed by atoms with Crippen molar-refractivity contribution in [3.05, 3.63) is 20.8 Å². The monoisotopic (exact) mass is 324 g/mol. The number of halogens is 2. The lowest BCUT2D eigenvalue weighted by molar-refractivity contribution is 0.0771. The standard InChI is InChI=1S/C10H13BrN2OS.ClH/c11-8-6-9(15-7-8)10(14)13-4-1-2-12-3-5-13;/h6-7,12H,1-5H2;1H. The second-order valence-electron chi connectivity index (χ2n) is 3.52. The highest BCUT2D eigenvalue weighted by Gasteiger charge is 2.18. The minimum Gasteiger partial charge on any atom is -0.337 e. The molecular formula is C10H14BrClN2OS. The van der Waals surface area contributed by atoms with E-state index in [4.69, 9.17) is 0 Å². The molecule has 0 bridgehead atoms. The lowest BCUT2D eigenvalue weighted by atomic mass is 10.3. The van der Waals surface area contributed by atoms with Crippen molar-refractivity contribution in [2.24, 2.45) is 0 Å². The maximum absolute atomic E-state index is 12.1. The molecule has 90 valence electrons. The normalized spacial score (nSPS) is 16.4. The van der Waals surface area contributed by atoms with Crippen LogP contribution >= 0.6 is 39.7 Å². The first-order valence-corrected chi connectivity index (χ1v) is 6.68. The van der Waals surface area contributed by atoms with Gasteiger partial charge in [0.2, 0.25) is 0 Å². The molecule has 2 rings (SSSR count). The molecule has 0 atom stereocenters. The van der Waals surface area contributed by atoms with E-state index in [1.54, 1.807) is 0 Å². The van der Waals surface area contributed by atoms with Crippen LogP contribution in [-0.2, 0) is 0 Å². The highest BCUT2D eigenvalue weighted by molar-refractivity contribution is 9.10. The molecular weight excluding hydrogens is 312 g/mol. The molecule has 1 aromatic rings. The number of hydrogen-bond acceptors (Lipinski definition) is 3. The Morgan fingerprint density at radius 3 is 2.94 bits per heavy atom. The van der Waals surface area contributed by atoms with Crippen molar-refractivity contribution in [3.8, 4) is 0 Å². The van der Waals surface area contributed by atoms with Gasteiger partial charge < -0.3 is 10.2 Å². The van der Waals surface area contributed by atoms with Crippen LogP contribution in [0.15, 0.2) is 15.9 Å². The summed E-state index contributed by atoms with van der Waals surface area (Å²) >= 11 is 4.87. The van der Waals surface area contributed by atoms with Gasteiger partial charge in [0.1, 0.15) is 0 Å². The van der Waals surface area contributed by atoms with Gasteiger partial charge in [0.05, 0.1) is 4.88 Å². The highest BCUT2D eigenvalue weighted by atomic mass is 79.9. The molecule has 1 aliphatic heterocycles. The topological polar surface area (TPSA) is 32.3 Å². The molecule has 6 heteroatoms. The SMILES string of the molecule is Cl.O=C(c1cc(Br)cs1)N1CCCNCC1. The molecule has 1 saturated heterocycles. The largest absolute Gasteiger partial charge is 0.337 e. The Morgan fingerprint density at radius 2 is 2.25 bits per heavy atom. The number of carbonyl (C=O) groups excluding carboxylic acids is 1. The first-order chi connectivity index (χ1) is 7.27. The Hall–Kier alpha value is -0.100. The van der Waals surface area contributed by atoms with Gasteiger partial charge in [0.25, 0.3) is 5.91 Å². The Morgan fingerprint density at radius 1 is 1.44 bits per heavy atom. The van der Waals surface area contributed by atoms with Crippen LogP contribution in [0.2, 0.25) is 0 Å². The molecule has 0 radical (unpaired) electrons. The zero-order chi connectivity index (χ0) is 10.7. The Bertz CT molecular complexity index is 350. The minimum absolute atomic E-state index is 0. The van der Waals surface area contributed by atoms with Crippen LogP contribution < -0.4 is 5.32 Å². The fraction of sp³-hybridized carbons (Fsp3) is 0.500. The third-order valence-electron chi connectivity index (χ3n) is 2.41. The van der Waals surface area contributed by atoms with E-state index in [9.17, 15) is 4.79 Å². The van der Waals surface area contributed by atoms with Crippen molar-refractivity contribution in [3.63, 3.8) is 0 Å². The van der Waals surface area contributed by atoms with Crippen molar-refractivity contribution in [2.45, 2.75) is 6.42 Å². The number of rotatable bonds is 1. The summed E-state index contributed by atoms with van der Waals surface area (Å²) in [5.41, 5.74) is 0. The molecule has 3 nitrogen and oxygen atoms in total. The summed E-state index contributed by atoms with van der Waals surface area (Å²) in [4.78, 5) is 14.8.